The fourth-order valence-corrected chi connectivity index (χ4v) is 4.45. The van der Waals surface area contributed by atoms with Gasteiger partial charge < -0.3 is 5.32 Å². The number of benzene rings is 3. The highest BCUT2D eigenvalue weighted by atomic mass is 32.2. The van der Waals surface area contributed by atoms with Crippen molar-refractivity contribution in [1.82, 2.24) is 0 Å². The minimum absolute atomic E-state index is 0.0344. The summed E-state index contributed by atoms with van der Waals surface area (Å²) < 4.78 is 27.2. The van der Waals surface area contributed by atoms with Crippen LogP contribution >= 0.6 is 11.8 Å². The molecule has 0 spiro atoms. The van der Waals surface area contributed by atoms with Gasteiger partial charge in [-0.1, -0.05) is 18.2 Å². The number of nitro benzene ring substituents is 1. The Labute approximate surface area is 183 Å². The summed E-state index contributed by atoms with van der Waals surface area (Å²) in [6, 6.07) is 19.0. The van der Waals surface area contributed by atoms with Gasteiger partial charge >= 0.3 is 0 Å². The van der Waals surface area contributed by atoms with E-state index in [0.717, 1.165) is 4.90 Å². The van der Waals surface area contributed by atoms with Crippen molar-refractivity contribution in [3.05, 3.63) is 88.5 Å². The molecule has 0 aliphatic carbocycles. The van der Waals surface area contributed by atoms with Gasteiger partial charge in [0.05, 0.1) is 15.6 Å². The first kappa shape index (κ1) is 22.3. The van der Waals surface area contributed by atoms with Crippen molar-refractivity contribution in [3.8, 4) is 0 Å². The molecule has 10 heteroatoms. The summed E-state index contributed by atoms with van der Waals surface area (Å²) in [6.45, 7) is 1.69. The summed E-state index contributed by atoms with van der Waals surface area (Å²) in [5, 5.41) is 13.5. The fourth-order valence-electron chi connectivity index (χ4n) is 2.67. The molecule has 8 nitrogen and oxygen atoms in total. The Morgan fingerprint density at radius 1 is 1.03 bits per heavy atom. The zero-order valence-corrected chi connectivity index (χ0v) is 18.1. The fraction of sp³-hybridized carbons (Fsp3) is 0.0952. The van der Waals surface area contributed by atoms with Crippen LogP contribution in [0.3, 0.4) is 0 Å². The van der Waals surface area contributed by atoms with Crippen molar-refractivity contribution in [2.75, 3.05) is 15.8 Å². The van der Waals surface area contributed by atoms with E-state index in [1.165, 1.54) is 42.1 Å². The maximum atomic E-state index is 12.4. The Balaban J connectivity index is 1.56. The highest BCUT2D eigenvalue weighted by molar-refractivity contribution is 8.00. The zero-order valence-electron chi connectivity index (χ0n) is 16.4. The molecule has 0 unspecified atom stereocenters. The Hall–Kier alpha value is -3.37. The van der Waals surface area contributed by atoms with Crippen LogP contribution in [0.25, 0.3) is 0 Å². The second-order valence-electron chi connectivity index (χ2n) is 6.54. The molecule has 3 aromatic rings. The highest BCUT2D eigenvalue weighted by Gasteiger charge is 2.14. The summed E-state index contributed by atoms with van der Waals surface area (Å²) in [7, 11) is -3.66. The molecule has 3 aromatic carbocycles. The molecule has 160 valence electrons. The van der Waals surface area contributed by atoms with Crippen LogP contribution in [0.5, 0.6) is 0 Å². The number of rotatable bonds is 8. The lowest BCUT2D eigenvalue weighted by molar-refractivity contribution is -0.384. The van der Waals surface area contributed by atoms with Crippen LogP contribution in [-0.2, 0) is 14.8 Å². The van der Waals surface area contributed by atoms with Crippen molar-refractivity contribution < 1.29 is 18.1 Å². The second kappa shape index (κ2) is 9.63. The first-order valence-electron chi connectivity index (χ1n) is 9.10. The molecule has 3 rings (SSSR count). The van der Waals surface area contributed by atoms with E-state index in [-0.39, 0.29) is 22.2 Å². The van der Waals surface area contributed by atoms with Crippen molar-refractivity contribution in [3.63, 3.8) is 0 Å². The average molecular weight is 458 g/mol. The molecule has 0 radical (unpaired) electrons. The Morgan fingerprint density at radius 3 is 2.32 bits per heavy atom. The SMILES string of the molecule is Cc1cc([N+](=O)[O-])ccc1NC(=O)CSc1ccc(NS(=O)(=O)c2ccccc2)cc1. The van der Waals surface area contributed by atoms with Gasteiger partial charge in [0.1, 0.15) is 0 Å². The second-order valence-corrected chi connectivity index (χ2v) is 9.27. The van der Waals surface area contributed by atoms with Gasteiger partial charge in [0, 0.05) is 28.4 Å². The molecule has 0 heterocycles. The third kappa shape index (κ3) is 6.06. The van der Waals surface area contributed by atoms with Gasteiger partial charge in [-0.05, 0) is 55.0 Å². The normalized spacial score (nSPS) is 11.0. The first-order chi connectivity index (χ1) is 14.7. The topological polar surface area (TPSA) is 118 Å². The molecular formula is C21H19N3O5S2. The largest absolute Gasteiger partial charge is 0.325 e. The molecule has 0 atom stereocenters. The molecule has 2 N–H and O–H groups in total. The van der Waals surface area contributed by atoms with Gasteiger partial charge in [-0.25, -0.2) is 8.42 Å². The van der Waals surface area contributed by atoms with E-state index in [2.05, 4.69) is 10.0 Å². The summed E-state index contributed by atoms with van der Waals surface area (Å²) in [4.78, 5) is 23.5. The summed E-state index contributed by atoms with van der Waals surface area (Å²) in [6.07, 6.45) is 0. The number of nitro groups is 1. The number of hydrogen-bond donors (Lipinski definition) is 2. The van der Waals surface area contributed by atoms with Crippen LogP contribution in [-0.4, -0.2) is 25.0 Å². The van der Waals surface area contributed by atoms with Crippen LogP contribution in [0, 0.1) is 17.0 Å². The van der Waals surface area contributed by atoms with Crippen molar-refractivity contribution in [2.24, 2.45) is 0 Å². The quantitative estimate of drug-likeness (QED) is 0.293. The van der Waals surface area contributed by atoms with E-state index in [9.17, 15) is 23.3 Å². The van der Waals surface area contributed by atoms with E-state index >= 15 is 0 Å². The number of carbonyl (C=O) groups is 1. The Morgan fingerprint density at radius 2 is 1.71 bits per heavy atom. The van der Waals surface area contributed by atoms with E-state index in [1.54, 1.807) is 49.4 Å². The van der Waals surface area contributed by atoms with Crippen molar-refractivity contribution in [2.45, 2.75) is 16.7 Å². The summed E-state index contributed by atoms with van der Waals surface area (Å²) in [5.41, 5.74) is 1.50. The molecule has 1 amide bonds. The van der Waals surface area contributed by atoms with E-state index < -0.39 is 14.9 Å². The molecule has 0 saturated heterocycles. The molecular weight excluding hydrogens is 438 g/mol. The van der Waals surface area contributed by atoms with E-state index in [1.807, 2.05) is 0 Å². The Bertz CT molecular complexity index is 1200. The van der Waals surface area contributed by atoms with Crippen LogP contribution in [0.4, 0.5) is 17.1 Å². The highest BCUT2D eigenvalue weighted by Crippen LogP contribution is 2.24. The number of amides is 1. The zero-order chi connectivity index (χ0) is 22.4. The van der Waals surface area contributed by atoms with Crippen LogP contribution in [0.15, 0.2) is 82.6 Å². The van der Waals surface area contributed by atoms with Gasteiger partial charge in [-0.3, -0.25) is 19.6 Å². The number of carbonyl (C=O) groups excluding carboxylic acids is 1. The number of aryl methyl sites for hydroxylation is 1. The molecule has 0 saturated carbocycles. The van der Waals surface area contributed by atoms with Crippen LogP contribution in [0.2, 0.25) is 0 Å². The molecule has 0 aliphatic heterocycles. The minimum Gasteiger partial charge on any atom is -0.325 e. The maximum absolute atomic E-state index is 12.4. The third-order valence-electron chi connectivity index (χ3n) is 4.22. The number of hydrogen-bond acceptors (Lipinski definition) is 6. The van der Waals surface area contributed by atoms with Crippen LogP contribution in [0.1, 0.15) is 5.56 Å². The van der Waals surface area contributed by atoms with Gasteiger partial charge in [-0.2, -0.15) is 0 Å². The number of thioether (sulfide) groups is 1. The number of non-ortho nitro benzene ring substituents is 1. The van der Waals surface area contributed by atoms with Gasteiger partial charge in [-0.15, -0.1) is 11.8 Å². The van der Waals surface area contributed by atoms with E-state index in [4.69, 9.17) is 0 Å². The first-order valence-corrected chi connectivity index (χ1v) is 11.6. The molecule has 0 fully saturated rings. The predicted octanol–water partition coefficient (Wildman–Crippen LogP) is 4.43. The molecule has 0 aliphatic rings. The lowest BCUT2D eigenvalue weighted by Gasteiger charge is -2.10. The predicted molar refractivity (Wildman–Crippen MR) is 121 cm³/mol. The standard InChI is InChI=1S/C21H19N3O5S2/c1-15-13-17(24(26)27)9-12-20(15)22-21(25)14-30-18-10-7-16(8-11-18)23-31(28,29)19-5-3-2-4-6-19/h2-13,23H,14H2,1H3,(H,22,25). The maximum Gasteiger partial charge on any atom is 0.269 e. The summed E-state index contributed by atoms with van der Waals surface area (Å²) >= 11 is 1.29. The number of nitrogens with one attached hydrogen (secondary N) is 2. The van der Waals surface area contributed by atoms with Gasteiger partial charge in [0.15, 0.2) is 0 Å². The monoisotopic (exact) mass is 457 g/mol. The summed E-state index contributed by atoms with van der Waals surface area (Å²) in [5.74, 6) is -0.123. The molecule has 0 aromatic heterocycles. The van der Waals surface area contributed by atoms with E-state index in [0.29, 0.717) is 16.9 Å². The molecule has 0 bridgehead atoms. The number of anilines is 2. The van der Waals surface area contributed by atoms with Crippen LogP contribution < -0.4 is 10.0 Å². The number of nitrogens with zero attached hydrogens (tertiary/aromatic N) is 1. The van der Waals surface area contributed by atoms with Gasteiger partial charge in [0.25, 0.3) is 15.7 Å². The van der Waals surface area contributed by atoms with Crippen molar-refractivity contribution in [1.29, 1.82) is 0 Å². The lowest BCUT2D eigenvalue weighted by atomic mass is 10.2. The van der Waals surface area contributed by atoms with Gasteiger partial charge in [0.2, 0.25) is 5.91 Å². The van der Waals surface area contributed by atoms with Crippen molar-refractivity contribution >= 4 is 44.8 Å². The smallest absolute Gasteiger partial charge is 0.269 e. The average Bonchev–Trinajstić information content (AvgIpc) is 2.75. The Kier molecular flexibility index (Phi) is 6.93. The molecule has 31 heavy (non-hydrogen) atoms. The minimum atomic E-state index is -3.66. The number of sulfonamides is 1. The lowest BCUT2D eigenvalue weighted by Crippen LogP contribution is -2.15. The third-order valence-corrected chi connectivity index (χ3v) is 6.63.